The second kappa shape index (κ2) is 11.1. The molecular weight excluding hydrogens is 548 g/mol. The highest BCUT2D eigenvalue weighted by molar-refractivity contribution is 5.57. The van der Waals surface area contributed by atoms with Gasteiger partial charge in [0.05, 0.1) is 17.8 Å². The summed E-state index contributed by atoms with van der Waals surface area (Å²) < 4.78 is 83.9. The van der Waals surface area contributed by atoms with Gasteiger partial charge in [-0.15, -0.1) is 5.10 Å². The third-order valence-electron chi connectivity index (χ3n) is 7.85. The Hall–Kier alpha value is -3.96. The van der Waals surface area contributed by atoms with Gasteiger partial charge in [-0.3, -0.25) is 4.79 Å². The summed E-state index contributed by atoms with van der Waals surface area (Å²) in [6.07, 6.45) is -2.40. The van der Waals surface area contributed by atoms with Crippen LogP contribution in [0.5, 0.6) is 0 Å². The second-order valence-corrected chi connectivity index (χ2v) is 10.4. The van der Waals surface area contributed by atoms with E-state index in [0.717, 1.165) is 16.3 Å². The van der Waals surface area contributed by atoms with Crippen LogP contribution in [0, 0.1) is 19.7 Å². The zero-order valence-electron chi connectivity index (χ0n) is 22.3. The maximum Gasteiger partial charge on any atom is 0.416 e. The Labute approximate surface area is 231 Å². The maximum absolute atomic E-state index is 14.6. The molecule has 4 aromatic rings. The lowest BCUT2D eigenvalue weighted by Crippen LogP contribution is -2.30. The number of aryl methyl sites for hydroxylation is 1. The van der Waals surface area contributed by atoms with Gasteiger partial charge in [0, 0.05) is 5.56 Å². The Morgan fingerprint density at radius 3 is 2.29 bits per heavy atom. The van der Waals surface area contributed by atoms with Crippen molar-refractivity contribution in [3.8, 4) is 11.4 Å². The number of halogens is 6. The summed E-state index contributed by atoms with van der Waals surface area (Å²) in [6.45, 7) is -0.218. The van der Waals surface area contributed by atoms with Crippen LogP contribution in [0.1, 0.15) is 77.6 Å². The lowest BCUT2D eigenvalue weighted by molar-refractivity contribution is -0.138. The molecular formula is C29H27F6N5O. The molecule has 41 heavy (non-hydrogen) atoms. The van der Waals surface area contributed by atoms with E-state index in [0.29, 0.717) is 41.5 Å². The molecule has 0 unspecified atom stereocenters. The Morgan fingerprint density at radius 2 is 1.66 bits per heavy atom. The SMILES string of the molecule is Cc1cccc(F)c1C1CCC(c2cc(-c3nnn(C(F)F)c3C)nn(Cc3ccccc3C(F)(F)F)c2=O)CC1. The number of benzene rings is 2. The van der Waals surface area contributed by atoms with Crippen molar-refractivity contribution in [2.24, 2.45) is 0 Å². The molecule has 0 saturated heterocycles. The molecule has 216 valence electrons. The second-order valence-electron chi connectivity index (χ2n) is 10.4. The molecule has 6 nitrogen and oxygen atoms in total. The predicted octanol–water partition coefficient (Wildman–Crippen LogP) is 7.16. The molecule has 1 saturated carbocycles. The smallest absolute Gasteiger partial charge is 0.267 e. The highest BCUT2D eigenvalue weighted by atomic mass is 19.4. The van der Waals surface area contributed by atoms with Crippen LogP contribution in [0.25, 0.3) is 11.4 Å². The number of aromatic nitrogens is 5. The van der Waals surface area contributed by atoms with Crippen molar-refractivity contribution in [2.45, 2.75) is 70.6 Å². The van der Waals surface area contributed by atoms with Crippen LogP contribution in [0.3, 0.4) is 0 Å². The fraction of sp³-hybridized carbons (Fsp3) is 0.379. The molecule has 12 heteroatoms. The number of alkyl halides is 5. The molecule has 1 aliphatic carbocycles. The molecule has 0 spiro atoms. The van der Waals surface area contributed by atoms with Crippen molar-refractivity contribution in [3.05, 3.63) is 98.2 Å². The highest BCUT2D eigenvalue weighted by Gasteiger charge is 2.34. The first kappa shape index (κ1) is 28.6. The van der Waals surface area contributed by atoms with E-state index in [1.165, 1.54) is 37.3 Å². The molecule has 2 heterocycles. The van der Waals surface area contributed by atoms with Crippen molar-refractivity contribution in [1.29, 1.82) is 0 Å². The lowest BCUT2D eigenvalue weighted by Gasteiger charge is -2.30. The van der Waals surface area contributed by atoms with Crippen LogP contribution in [0.2, 0.25) is 0 Å². The summed E-state index contributed by atoms with van der Waals surface area (Å²) >= 11 is 0. The van der Waals surface area contributed by atoms with E-state index < -0.39 is 30.4 Å². The molecule has 0 aliphatic heterocycles. The summed E-state index contributed by atoms with van der Waals surface area (Å²) in [6, 6.07) is 11.3. The minimum Gasteiger partial charge on any atom is -0.267 e. The average Bonchev–Trinajstić information content (AvgIpc) is 3.31. The van der Waals surface area contributed by atoms with Gasteiger partial charge in [-0.1, -0.05) is 35.5 Å². The van der Waals surface area contributed by atoms with Gasteiger partial charge in [0.15, 0.2) is 0 Å². The number of rotatable bonds is 6. The van der Waals surface area contributed by atoms with Crippen LogP contribution >= 0.6 is 0 Å². The van der Waals surface area contributed by atoms with E-state index in [9.17, 15) is 31.1 Å². The van der Waals surface area contributed by atoms with Gasteiger partial charge >= 0.3 is 12.7 Å². The molecule has 0 amide bonds. The van der Waals surface area contributed by atoms with Gasteiger partial charge in [-0.05, 0) is 86.3 Å². The van der Waals surface area contributed by atoms with Gasteiger partial charge in [0.1, 0.15) is 17.2 Å². The third-order valence-corrected chi connectivity index (χ3v) is 7.85. The monoisotopic (exact) mass is 575 g/mol. The fourth-order valence-electron chi connectivity index (χ4n) is 5.79. The first-order chi connectivity index (χ1) is 19.5. The van der Waals surface area contributed by atoms with Crippen LogP contribution in [-0.2, 0) is 12.7 Å². The number of hydrogen-bond acceptors (Lipinski definition) is 4. The Kier molecular flexibility index (Phi) is 7.76. The molecule has 0 atom stereocenters. The maximum atomic E-state index is 14.6. The third kappa shape index (κ3) is 5.64. The molecule has 0 bridgehead atoms. The molecule has 1 fully saturated rings. The van der Waals surface area contributed by atoms with Crippen molar-refractivity contribution >= 4 is 0 Å². The van der Waals surface area contributed by atoms with Crippen molar-refractivity contribution in [2.75, 3.05) is 0 Å². The normalized spacial score (nSPS) is 17.8. The highest BCUT2D eigenvalue weighted by Crippen LogP contribution is 2.42. The summed E-state index contributed by atoms with van der Waals surface area (Å²) in [5.74, 6) is -0.604. The zero-order chi connectivity index (χ0) is 29.5. The van der Waals surface area contributed by atoms with E-state index >= 15 is 0 Å². The van der Waals surface area contributed by atoms with Gasteiger partial charge < -0.3 is 0 Å². The van der Waals surface area contributed by atoms with Crippen LogP contribution in [0.15, 0.2) is 53.3 Å². The summed E-state index contributed by atoms with van der Waals surface area (Å²) in [7, 11) is 0. The predicted molar refractivity (Wildman–Crippen MR) is 139 cm³/mol. The fourth-order valence-corrected chi connectivity index (χ4v) is 5.79. The largest absolute Gasteiger partial charge is 0.416 e. The topological polar surface area (TPSA) is 65.6 Å². The summed E-state index contributed by atoms with van der Waals surface area (Å²) in [5.41, 5.74) is 0.221. The van der Waals surface area contributed by atoms with Crippen molar-refractivity contribution < 1.29 is 26.3 Å². The first-order valence-electron chi connectivity index (χ1n) is 13.2. The molecule has 0 N–H and O–H groups in total. The summed E-state index contributed by atoms with van der Waals surface area (Å²) in [5, 5.41) is 11.6. The molecule has 0 radical (unpaired) electrons. The van der Waals surface area contributed by atoms with Crippen molar-refractivity contribution in [1.82, 2.24) is 24.8 Å². The Balaban J connectivity index is 1.55. The van der Waals surface area contributed by atoms with E-state index in [-0.39, 0.29) is 40.3 Å². The molecule has 2 aromatic carbocycles. The molecule has 1 aliphatic rings. The van der Waals surface area contributed by atoms with Crippen LogP contribution in [-0.4, -0.2) is 24.8 Å². The van der Waals surface area contributed by atoms with Gasteiger partial charge in [-0.25, -0.2) is 9.07 Å². The number of hydrogen-bond donors (Lipinski definition) is 0. The van der Waals surface area contributed by atoms with Gasteiger partial charge in [-0.2, -0.15) is 31.7 Å². The van der Waals surface area contributed by atoms with Crippen LogP contribution in [0.4, 0.5) is 26.3 Å². The van der Waals surface area contributed by atoms with E-state index in [4.69, 9.17) is 0 Å². The van der Waals surface area contributed by atoms with E-state index in [1.54, 1.807) is 6.07 Å². The van der Waals surface area contributed by atoms with E-state index in [2.05, 4.69) is 15.4 Å². The Morgan fingerprint density at radius 1 is 0.976 bits per heavy atom. The molecule has 5 rings (SSSR count). The van der Waals surface area contributed by atoms with Crippen LogP contribution < -0.4 is 5.56 Å². The minimum absolute atomic E-state index is 0.0000685. The quantitative estimate of drug-likeness (QED) is 0.229. The average molecular weight is 576 g/mol. The minimum atomic E-state index is -4.65. The van der Waals surface area contributed by atoms with Gasteiger partial charge in [0.2, 0.25) is 0 Å². The van der Waals surface area contributed by atoms with E-state index in [1.807, 2.05) is 13.0 Å². The first-order valence-corrected chi connectivity index (χ1v) is 13.2. The summed E-state index contributed by atoms with van der Waals surface area (Å²) in [4.78, 5) is 13.7. The van der Waals surface area contributed by atoms with Gasteiger partial charge in [0.25, 0.3) is 5.56 Å². The number of nitrogens with zero attached hydrogens (tertiary/aromatic N) is 5. The standard InChI is InChI=1S/C29H27F6N5O/c1-16-6-5-9-23(30)25(16)19-12-10-18(11-13-19)21-14-24(26-17(2)40(28(31)32)38-36-26)37-39(27(21)41)15-20-7-3-4-8-22(20)29(33,34)35/h3-9,14,18-19,28H,10-13,15H2,1-2H3. The molecule has 2 aromatic heterocycles. The Bertz CT molecular complexity index is 1600. The lowest BCUT2D eigenvalue weighted by atomic mass is 9.75. The zero-order valence-corrected chi connectivity index (χ0v) is 22.3. The van der Waals surface area contributed by atoms with Crippen molar-refractivity contribution in [3.63, 3.8) is 0 Å².